The molecular formula is C8H13NO2. The first-order chi connectivity index (χ1) is 5.20. The number of allylic oxidation sites excluding steroid dienone is 2. The highest BCUT2D eigenvalue weighted by atomic mass is 16.5. The lowest BCUT2D eigenvalue weighted by molar-refractivity contribution is -0.140. The van der Waals surface area contributed by atoms with Gasteiger partial charge in [0.2, 0.25) is 0 Å². The molecule has 0 aromatic heterocycles. The third-order valence-electron chi connectivity index (χ3n) is 1.96. The Kier molecular flexibility index (Phi) is 2.17. The van der Waals surface area contributed by atoms with Crippen molar-refractivity contribution in [1.82, 2.24) is 4.90 Å². The van der Waals surface area contributed by atoms with E-state index in [0.717, 1.165) is 12.2 Å². The summed E-state index contributed by atoms with van der Waals surface area (Å²) in [5.74, 6) is -0.133. The van der Waals surface area contributed by atoms with Gasteiger partial charge in [0.1, 0.15) is 6.04 Å². The van der Waals surface area contributed by atoms with E-state index in [0.29, 0.717) is 0 Å². The average Bonchev–Trinajstić information content (AvgIpc) is 2.80. The Morgan fingerprint density at radius 1 is 1.73 bits per heavy atom. The van der Waals surface area contributed by atoms with Crippen LogP contribution in [-0.2, 0) is 9.53 Å². The van der Waals surface area contributed by atoms with E-state index in [1.54, 1.807) is 0 Å². The average molecular weight is 155 g/mol. The molecule has 1 atom stereocenters. The lowest BCUT2D eigenvalue weighted by atomic mass is 10.4. The molecule has 0 radical (unpaired) electrons. The van der Waals surface area contributed by atoms with Gasteiger partial charge in [0.15, 0.2) is 0 Å². The lowest BCUT2D eigenvalue weighted by Crippen LogP contribution is -2.13. The summed E-state index contributed by atoms with van der Waals surface area (Å²) in [6.45, 7) is 4.76. The van der Waals surface area contributed by atoms with Crippen molar-refractivity contribution >= 4 is 5.97 Å². The van der Waals surface area contributed by atoms with Gasteiger partial charge in [-0.25, -0.2) is 4.79 Å². The van der Waals surface area contributed by atoms with Crippen molar-refractivity contribution in [3.05, 3.63) is 11.8 Å². The van der Waals surface area contributed by atoms with E-state index < -0.39 is 0 Å². The largest absolute Gasteiger partial charge is 0.467 e. The summed E-state index contributed by atoms with van der Waals surface area (Å²) in [5.41, 5.74) is 1.14. The summed E-state index contributed by atoms with van der Waals surface area (Å²) in [4.78, 5) is 12.9. The fourth-order valence-corrected chi connectivity index (χ4v) is 1.03. The molecule has 0 amide bonds. The zero-order valence-corrected chi connectivity index (χ0v) is 7.13. The van der Waals surface area contributed by atoms with Crippen LogP contribution < -0.4 is 0 Å². The number of hydrogen-bond donors (Lipinski definition) is 0. The van der Waals surface area contributed by atoms with Crippen molar-refractivity contribution in [3.63, 3.8) is 0 Å². The van der Waals surface area contributed by atoms with E-state index >= 15 is 0 Å². The predicted molar refractivity (Wildman–Crippen MR) is 41.9 cm³/mol. The molecule has 3 nitrogen and oxygen atoms in total. The van der Waals surface area contributed by atoms with E-state index in [9.17, 15) is 4.79 Å². The van der Waals surface area contributed by atoms with Gasteiger partial charge >= 0.3 is 5.97 Å². The van der Waals surface area contributed by atoms with E-state index in [2.05, 4.69) is 4.74 Å². The van der Waals surface area contributed by atoms with Gasteiger partial charge in [0.05, 0.1) is 7.11 Å². The molecule has 3 heteroatoms. The summed E-state index contributed by atoms with van der Waals surface area (Å²) in [6.07, 6.45) is 1.99. The predicted octanol–water partition coefficient (Wildman–Crippen LogP) is 0.767. The number of hydrogen-bond acceptors (Lipinski definition) is 3. The third kappa shape index (κ3) is 1.53. The van der Waals surface area contributed by atoms with Gasteiger partial charge in [-0.1, -0.05) is 6.08 Å². The SMILES string of the molecule is C/C=C(/C)N1CC1C(=O)OC. The van der Waals surface area contributed by atoms with Crippen LogP contribution in [0.15, 0.2) is 11.8 Å². The standard InChI is InChI=1S/C8H13NO2/c1-4-6(2)9-5-7(9)8(10)11-3/h4,7H,5H2,1-3H3/b6-4-. The van der Waals surface area contributed by atoms with Gasteiger partial charge in [0, 0.05) is 12.2 Å². The van der Waals surface area contributed by atoms with Gasteiger partial charge in [-0.3, -0.25) is 0 Å². The lowest BCUT2D eigenvalue weighted by Gasteiger charge is -2.02. The zero-order chi connectivity index (χ0) is 8.43. The van der Waals surface area contributed by atoms with Crippen LogP contribution in [-0.4, -0.2) is 30.6 Å². The molecule has 1 heterocycles. The smallest absolute Gasteiger partial charge is 0.330 e. The normalized spacial score (nSPS) is 23.4. The summed E-state index contributed by atoms with van der Waals surface area (Å²) < 4.78 is 4.59. The van der Waals surface area contributed by atoms with Crippen molar-refractivity contribution in [2.75, 3.05) is 13.7 Å². The van der Waals surface area contributed by atoms with Crippen LogP contribution in [0.2, 0.25) is 0 Å². The van der Waals surface area contributed by atoms with Gasteiger partial charge in [-0.05, 0) is 13.8 Å². The molecule has 0 bridgehead atoms. The topological polar surface area (TPSA) is 29.3 Å². The highest BCUT2D eigenvalue weighted by Gasteiger charge is 2.41. The number of carbonyl (C=O) groups excluding carboxylic acids is 1. The summed E-state index contributed by atoms with van der Waals surface area (Å²) in [5, 5.41) is 0. The Morgan fingerprint density at radius 3 is 2.82 bits per heavy atom. The molecule has 1 unspecified atom stereocenters. The Labute approximate surface area is 66.6 Å². The van der Waals surface area contributed by atoms with Gasteiger partial charge in [-0.2, -0.15) is 0 Å². The maximum absolute atomic E-state index is 10.9. The number of methoxy groups -OCH3 is 1. The van der Waals surface area contributed by atoms with Crippen molar-refractivity contribution in [3.8, 4) is 0 Å². The summed E-state index contributed by atoms with van der Waals surface area (Å²) in [6, 6.07) is -0.0174. The first kappa shape index (κ1) is 8.11. The molecule has 11 heavy (non-hydrogen) atoms. The van der Waals surface area contributed by atoms with Gasteiger partial charge in [0.25, 0.3) is 0 Å². The van der Waals surface area contributed by atoms with E-state index in [-0.39, 0.29) is 12.0 Å². The molecule has 0 N–H and O–H groups in total. The van der Waals surface area contributed by atoms with Crippen LogP contribution in [0.25, 0.3) is 0 Å². The van der Waals surface area contributed by atoms with Crippen LogP contribution in [0.4, 0.5) is 0 Å². The molecule has 1 saturated heterocycles. The van der Waals surface area contributed by atoms with Crippen LogP contribution in [0.3, 0.4) is 0 Å². The zero-order valence-electron chi connectivity index (χ0n) is 7.13. The molecule has 0 aromatic carbocycles. The van der Waals surface area contributed by atoms with Crippen LogP contribution in [0, 0.1) is 0 Å². The monoisotopic (exact) mass is 155 g/mol. The Hall–Kier alpha value is -0.990. The number of carbonyl (C=O) groups is 1. The summed E-state index contributed by atoms with van der Waals surface area (Å²) >= 11 is 0. The number of nitrogens with zero attached hydrogens (tertiary/aromatic N) is 1. The molecule has 0 aliphatic carbocycles. The van der Waals surface area contributed by atoms with Crippen LogP contribution in [0.1, 0.15) is 13.8 Å². The molecule has 0 aromatic rings. The number of esters is 1. The van der Waals surface area contributed by atoms with Crippen molar-refractivity contribution < 1.29 is 9.53 Å². The minimum absolute atomic E-state index is 0.0174. The fourth-order valence-electron chi connectivity index (χ4n) is 1.03. The third-order valence-corrected chi connectivity index (χ3v) is 1.96. The second kappa shape index (κ2) is 2.95. The van der Waals surface area contributed by atoms with Crippen molar-refractivity contribution in [2.45, 2.75) is 19.9 Å². The molecular weight excluding hydrogens is 142 g/mol. The van der Waals surface area contributed by atoms with Crippen LogP contribution in [0.5, 0.6) is 0 Å². The highest BCUT2D eigenvalue weighted by Crippen LogP contribution is 2.24. The first-order valence-electron chi connectivity index (χ1n) is 3.68. The minimum Gasteiger partial charge on any atom is -0.467 e. The molecule has 1 rings (SSSR count). The maximum Gasteiger partial charge on any atom is 0.330 e. The number of ether oxygens (including phenoxy) is 1. The highest BCUT2D eigenvalue weighted by molar-refractivity contribution is 5.79. The maximum atomic E-state index is 10.9. The quantitative estimate of drug-likeness (QED) is 0.435. The van der Waals surface area contributed by atoms with Gasteiger partial charge < -0.3 is 9.64 Å². The van der Waals surface area contributed by atoms with E-state index in [4.69, 9.17) is 0 Å². The first-order valence-corrected chi connectivity index (χ1v) is 3.68. The molecule has 1 aliphatic heterocycles. The Balaban J connectivity index is 2.43. The van der Waals surface area contributed by atoms with E-state index in [1.165, 1.54) is 7.11 Å². The molecule has 0 saturated carbocycles. The Morgan fingerprint density at radius 2 is 2.36 bits per heavy atom. The fraction of sp³-hybridized carbons (Fsp3) is 0.625. The molecule has 1 fully saturated rings. The second-order valence-electron chi connectivity index (χ2n) is 2.62. The Bertz CT molecular complexity index is 198. The van der Waals surface area contributed by atoms with Crippen molar-refractivity contribution in [1.29, 1.82) is 0 Å². The minimum atomic E-state index is -0.133. The van der Waals surface area contributed by atoms with Gasteiger partial charge in [-0.15, -0.1) is 0 Å². The summed E-state index contributed by atoms with van der Waals surface area (Å²) in [7, 11) is 1.42. The molecule has 0 spiro atoms. The van der Waals surface area contributed by atoms with Crippen LogP contribution >= 0.6 is 0 Å². The molecule has 1 aliphatic rings. The molecule has 62 valence electrons. The van der Waals surface area contributed by atoms with E-state index in [1.807, 2.05) is 24.8 Å². The van der Waals surface area contributed by atoms with Crippen molar-refractivity contribution in [2.24, 2.45) is 0 Å². The number of rotatable bonds is 2. The second-order valence-corrected chi connectivity index (χ2v) is 2.62.